The zero-order valence-corrected chi connectivity index (χ0v) is 18.2. The molecule has 2 aromatic heterocycles. The number of rotatable bonds is 5. The van der Waals surface area contributed by atoms with Crippen molar-refractivity contribution in [1.82, 2.24) is 24.5 Å². The Balaban J connectivity index is 1.22. The molecule has 1 fully saturated rings. The Morgan fingerprint density at radius 2 is 2.12 bits per heavy atom. The van der Waals surface area contributed by atoms with E-state index in [2.05, 4.69) is 21.3 Å². The minimum absolute atomic E-state index is 0.00588. The van der Waals surface area contributed by atoms with Crippen LogP contribution in [0.25, 0.3) is 11.2 Å². The van der Waals surface area contributed by atoms with Gasteiger partial charge in [0.2, 0.25) is 5.91 Å². The third kappa shape index (κ3) is 3.56. The molecule has 33 heavy (non-hydrogen) atoms. The van der Waals surface area contributed by atoms with E-state index >= 15 is 0 Å². The smallest absolute Gasteiger partial charge is 0.230 e. The molecule has 1 amide bonds. The Labute approximate surface area is 190 Å². The Kier molecular flexibility index (Phi) is 5.05. The van der Waals surface area contributed by atoms with Crippen LogP contribution in [-0.2, 0) is 28.8 Å². The molecule has 3 aliphatic rings. The lowest BCUT2D eigenvalue weighted by atomic mass is 9.99. The lowest BCUT2D eigenvalue weighted by molar-refractivity contribution is -0.149. The molecule has 0 atom stereocenters. The Morgan fingerprint density at radius 1 is 1.21 bits per heavy atom. The molecule has 0 N–H and O–H groups in total. The minimum Gasteiger partial charge on any atom is -0.493 e. The average Bonchev–Trinajstić information content (AvgIpc) is 3.47. The molecule has 0 saturated carbocycles. The predicted molar refractivity (Wildman–Crippen MR) is 117 cm³/mol. The zero-order chi connectivity index (χ0) is 22.4. The van der Waals surface area contributed by atoms with E-state index in [1.54, 1.807) is 12.4 Å². The molecule has 3 aliphatic heterocycles. The number of carbonyl (C=O) groups excluding carboxylic acids is 1. The van der Waals surface area contributed by atoms with Gasteiger partial charge in [0.05, 0.1) is 25.7 Å². The molecule has 1 aromatic carbocycles. The third-order valence-corrected chi connectivity index (χ3v) is 6.80. The number of aromatic nitrogens is 4. The van der Waals surface area contributed by atoms with Crippen molar-refractivity contribution in [1.29, 1.82) is 0 Å². The molecule has 0 radical (unpaired) electrons. The van der Waals surface area contributed by atoms with Crippen molar-refractivity contribution < 1.29 is 18.7 Å². The van der Waals surface area contributed by atoms with Crippen LogP contribution in [0.15, 0.2) is 30.7 Å². The fourth-order valence-electron chi connectivity index (χ4n) is 4.85. The number of aryl methyl sites for hydroxylation is 1. The number of amides is 1. The molecule has 0 aliphatic carbocycles. The van der Waals surface area contributed by atoms with Crippen molar-refractivity contribution in [2.24, 2.45) is 5.92 Å². The predicted octanol–water partition coefficient (Wildman–Crippen LogP) is 2.25. The van der Waals surface area contributed by atoms with Gasteiger partial charge in [-0.15, -0.1) is 10.2 Å². The van der Waals surface area contributed by atoms with E-state index in [0.717, 1.165) is 46.8 Å². The standard InChI is InChI=1S/C24H24FN5O3/c25-20-2-3-21-18(7-10-33-21)17(20)1-4-22-26-11-19(23-28-27-14-30(22)23)15-5-8-29(9-6-15)24(31)16-12-32-13-16/h2-3,5,11,14,16H,1,4,6-10,12-13H2. The largest absolute Gasteiger partial charge is 0.493 e. The Bertz CT molecular complexity index is 1270. The van der Waals surface area contributed by atoms with Crippen LogP contribution in [0.2, 0.25) is 0 Å². The molecule has 8 nitrogen and oxygen atoms in total. The summed E-state index contributed by atoms with van der Waals surface area (Å²) in [5.74, 6) is 1.54. The van der Waals surface area contributed by atoms with Crippen LogP contribution in [-0.4, -0.2) is 63.3 Å². The van der Waals surface area contributed by atoms with E-state index in [4.69, 9.17) is 9.47 Å². The third-order valence-electron chi connectivity index (χ3n) is 6.80. The molecule has 9 heteroatoms. The van der Waals surface area contributed by atoms with Gasteiger partial charge in [-0.2, -0.15) is 0 Å². The Hall–Kier alpha value is -3.33. The van der Waals surface area contributed by atoms with Gasteiger partial charge in [-0.05, 0) is 36.1 Å². The first-order chi connectivity index (χ1) is 16.2. The maximum absolute atomic E-state index is 14.5. The van der Waals surface area contributed by atoms with Gasteiger partial charge in [-0.3, -0.25) is 9.20 Å². The number of benzene rings is 1. The van der Waals surface area contributed by atoms with Gasteiger partial charge in [0, 0.05) is 43.3 Å². The average molecular weight is 449 g/mol. The molecule has 1 saturated heterocycles. The summed E-state index contributed by atoms with van der Waals surface area (Å²) in [4.78, 5) is 19.0. The van der Waals surface area contributed by atoms with Crippen molar-refractivity contribution in [3.8, 4) is 5.75 Å². The van der Waals surface area contributed by atoms with Gasteiger partial charge < -0.3 is 14.4 Å². The molecule has 3 aromatic rings. The first-order valence-corrected chi connectivity index (χ1v) is 11.4. The summed E-state index contributed by atoms with van der Waals surface area (Å²) >= 11 is 0. The number of hydrogen-bond acceptors (Lipinski definition) is 6. The maximum atomic E-state index is 14.5. The normalized spacial score (nSPS) is 18.1. The monoisotopic (exact) mass is 449 g/mol. The maximum Gasteiger partial charge on any atom is 0.230 e. The van der Waals surface area contributed by atoms with Crippen LogP contribution in [0.4, 0.5) is 4.39 Å². The van der Waals surface area contributed by atoms with Gasteiger partial charge in [-0.25, -0.2) is 9.37 Å². The van der Waals surface area contributed by atoms with E-state index in [1.165, 1.54) is 6.07 Å². The number of nitrogens with zero attached hydrogens (tertiary/aromatic N) is 5. The first-order valence-electron chi connectivity index (χ1n) is 11.4. The lowest BCUT2D eigenvalue weighted by Gasteiger charge is -2.33. The number of halogens is 1. The van der Waals surface area contributed by atoms with Gasteiger partial charge in [0.1, 0.15) is 23.7 Å². The highest BCUT2D eigenvalue weighted by molar-refractivity contribution is 5.82. The zero-order valence-electron chi connectivity index (χ0n) is 18.2. The number of hydrogen-bond donors (Lipinski definition) is 0. The highest BCUT2D eigenvalue weighted by Gasteiger charge is 2.31. The first kappa shape index (κ1) is 20.3. The highest BCUT2D eigenvalue weighted by atomic mass is 19.1. The Morgan fingerprint density at radius 3 is 2.91 bits per heavy atom. The summed E-state index contributed by atoms with van der Waals surface area (Å²) in [6.07, 6.45) is 8.14. The quantitative estimate of drug-likeness (QED) is 0.594. The summed E-state index contributed by atoms with van der Waals surface area (Å²) in [7, 11) is 0. The highest BCUT2D eigenvalue weighted by Crippen LogP contribution is 2.31. The van der Waals surface area contributed by atoms with Crippen LogP contribution < -0.4 is 4.74 Å². The van der Waals surface area contributed by atoms with Crippen LogP contribution in [0, 0.1) is 11.7 Å². The molecule has 0 bridgehead atoms. The number of carbonyl (C=O) groups is 1. The van der Waals surface area contributed by atoms with Gasteiger partial charge in [0.25, 0.3) is 0 Å². The molecule has 5 heterocycles. The molecule has 0 unspecified atom stereocenters. The molecule has 6 rings (SSSR count). The van der Waals surface area contributed by atoms with Crippen LogP contribution >= 0.6 is 0 Å². The van der Waals surface area contributed by atoms with E-state index in [1.807, 2.05) is 15.5 Å². The van der Waals surface area contributed by atoms with Crippen molar-refractivity contribution in [2.45, 2.75) is 25.7 Å². The van der Waals surface area contributed by atoms with Crippen molar-refractivity contribution in [2.75, 3.05) is 32.9 Å². The summed E-state index contributed by atoms with van der Waals surface area (Å²) in [5, 5.41) is 8.44. The summed E-state index contributed by atoms with van der Waals surface area (Å²) in [6, 6.07) is 3.19. The fraction of sp³-hybridized carbons (Fsp3) is 0.417. The summed E-state index contributed by atoms with van der Waals surface area (Å²) in [5.41, 5.74) is 4.45. The van der Waals surface area contributed by atoms with Gasteiger partial charge >= 0.3 is 0 Å². The van der Waals surface area contributed by atoms with Gasteiger partial charge in [0.15, 0.2) is 5.65 Å². The molecular weight excluding hydrogens is 425 g/mol. The van der Waals surface area contributed by atoms with Crippen molar-refractivity contribution >= 4 is 17.1 Å². The molecule has 170 valence electrons. The van der Waals surface area contributed by atoms with E-state index in [0.29, 0.717) is 51.3 Å². The summed E-state index contributed by atoms with van der Waals surface area (Å²) in [6.45, 7) is 2.90. The van der Waals surface area contributed by atoms with E-state index in [9.17, 15) is 9.18 Å². The minimum atomic E-state index is -0.198. The van der Waals surface area contributed by atoms with E-state index in [-0.39, 0.29) is 17.6 Å². The second kappa shape index (κ2) is 8.22. The van der Waals surface area contributed by atoms with Gasteiger partial charge in [-0.1, -0.05) is 6.08 Å². The van der Waals surface area contributed by atoms with Crippen molar-refractivity contribution in [3.05, 3.63) is 59.1 Å². The van der Waals surface area contributed by atoms with Crippen LogP contribution in [0.1, 0.15) is 28.9 Å². The molecule has 0 spiro atoms. The second-order valence-corrected chi connectivity index (χ2v) is 8.71. The summed E-state index contributed by atoms with van der Waals surface area (Å²) < 4.78 is 27.1. The lowest BCUT2D eigenvalue weighted by Crippen LogP contribution is -2.46. The van der Waals surface area contributed by atoms with Crippen molar-refractivity contribution in [3.63, 3.8) is 0 Å². The van der Waals surface area contributed by atoms with Crippen LogP contribution in [0.5, 0.6) is 5.75 Å². The second-order valence-electron chi connectivity index (χ2n) is 8.71. The fourth-order valence-corrected chi connectivity index (χ4v) is 4.85. The SMILES string of the molecule is O=C(C1COC1)N1CC=C(c2cnc(CCc3c(F)ccc4c3CCO4)n3cnnc23)CC1. The molecular formula is C24H24FN5O3. The topological polar surface area (TPSA) is 81.8 Å². The number of fused-ring (bicyclic) bond motifs is 2. The van der Waals surface area contributed by atoms with E-state index < -0.39 is 0 Å². The number of ether oxygens (including phenoxy) is 2. The van der Waals surface area contributed by atoms with Crippen LogP contribution in [0.3, 0.4) is 0 Å².